The van der Waals surface area contributed by atoms with Crippen LogP contribution in [0.4, 0.5) is 0 Å². The van der Waals surface area contributed by atoms with Crippen LogP contribution in [-0.4, -0.2) is 14.5 Å². The summed E-state index contributed by atoms with van der Waals surface area (Å²) in [7, 11) is 0. The minimum Gasteiger partial charge on any atom is -0.323 e. The molecular weight excluding hydrogens is 210 g/mol. The van der Waals surface area contributed by atoms with Crippen molar-refractivity contribution in [2.75, 3.05) is 0 Å². The average molecular weight is 221 g/mol. The van der Waals surface area contributed by atoms with Crippen molar-refractivity contribution < 1.29 is 0 Å². The quantitative estimate of drug-likeness (QED) is 0.666. The summed E-state index contributed by atoms with van der Waals surface area (Å²) in [6, 6.07) is 10.1. The fourth-order valence-electron chi connectivity index (χ4n) is 1.79. The second-order valence-corrected chi connectivity index (χ2v) is 3.75. The number of rotatable bonds is 2. The van der Waals surface area contributed by atoms with E-state index in [1.54, 1.807) is 24.8 Å². The summed E-state index contributed by atoms with van der Waals surface area (Å²) in [5.41, 5.74) is 3.47. The first kappa shape index (κ1) is 9.78. The van der Waals surface area contributed by atoms with Crippen molar-refractivity contribution in [1.82, 2.24) is 14.5 Å². The molecule has 0 unspecified atom stereocenters. The Balaban J connectivity index is 1.99. The van der Waals surface area contributed by atoms with E-state index in [0.29, 0.717) is 0 Å². The fourth-order valence-corrected chi connectivity index (χ4v) is 1.79. The molecule has 17 heavy (non-hydrogen) atoms. The molecule has 0 N–H and O–H groups in total. The predicted octanol–water partition coefficient (Wildman–Crippen LogP) is 2.93. The Hall–Kier alpha value is -2.42. The van der Waals surface area contributed by atoms with Crippen LogP contribution < -0.4 is 0 Å². The van der Waals surface area contributed by atoms with E-state index in [4.69, 9.17) is 0 Å². The Morgan fingerprint density at radius 3 is 2.06 bits per heavy atom. The Labute approximate surface area is 99.4 Å². The van der Waals surface area contributed by atoms with Gasteiger partial charge >= 0.3 is 0 Å². The topological polar surface area (TPSA) is 30.7 Å². The smallest absolute Gasteiger partial charge is 0.0480 e. The van der Waals surface area contributed by atoms with Crippen molar-refractivity contribution in [3.05, 3.63) is 67.5 Å². The van der Waals surface area contributed by atoms with Gasteiger partial charge in [0.15, 0.2) is 0 Å². The molecule has 0 fully saturated rings. The zero-order valence-corrected chi connectivity index (χ0v) is 9.19. The normalized spacial score (nSPS) is 10.4. The zero-order valence-electron chi connectivity index (χ0n) is 9.19. The summed E-state index contributed by atoms with van der Waals surface area (Å²) in [5, 5.41) is 0. The first-order valence-corrected chi connectivity index (χ1v) is 5.42. The highest BCUT2D eigenvalue weighted by Gasteiger charge is 2.00. The van der Waals surface area contributed by atoms with Crippen LogP contribution in [0.2, 0.25) is 0 Å². The van der Waals surface area contributed by atoms with Gasteiger partial charge in [0.2, 0.25) is 0 Å². The maximum Gasteiger partial charge on any atom is 0.0480 e. The molecule has 0 aliphatic rings. The molecule has 0 radical (unpaired) electrons. The van der Waals surface area contributed by atoms with Crippen LogP contribution in [0.5, 0.6) is 0 Å². The molecule has 3 heteroatoms. The molecule has 0 aliphatic carbocycles. The molecule has 0 amide bonds. The van der Waals surface area contributed by atoms with E-state index in [9.17, 15) is 0 Å². The Bertz CT molecular complexity index is 546. The molecule has 0 spiro atoms. The minimum absolute atomic E-state index is 1.11. The van der Waals surface area contributed by atoms with E-state index >= 15 is 0 Å². The summed E-state index contributed by atoms with van der Waals surface area (Å²) in [6.45, 7) is 0. The van der Waals surface area contributed by atoms with E-state index in [0.717, 1.165) is 5.69 Å². The first-order valence-electron chi connectivity index (χ1n) is 5.42. The molecule has 3 nitrogen and oxygen atoms in total. The summed E-state index contributed by atoms with van der Waals surface area (Å²) in [4.78, 5) is 8.04. The highest BCUT2D eigenvalue weighted by Crippen LogP contribution is 2.20. The van der Waals surface area contributed by atoms with Gasteiger partial charge < -0.3 is 4.57 Å². The van der Waals surface area contributed by atoms with Crippen LogP contribution >= 0.6 is 0 Å². The van der Waals surface area contributed by atoms with Gasteiger partial charge in [-0.05, 0) is 41.5 Å². The number of hydrogen-bond acceptors (Lipinski definition) is 2. The third-order valence-electron chi connectivity index (χ3n) is 2.67. The molecule has 3 rings (SSSR count). The zero-order chi connectivity index (χ0) is 11.5. The molecule has 82 valence electrons. The highest BCUT2D eigenvalue weighted by molar-refractivity contribution is 5.62. The van der Waals surface area contributed by atoms with E-state index < -0.39 is 0 Å². The van der Waals surface area contributed by atoms with Crippen molar-refractivity contribution in [2.45, 2.75) is 0 Å². The monoisotopic (exact) mass is 221 g/mol. The van der Waals surface area contributed by atoms with Gasteiger partial charge in [0.1, 0.15) is 0 Å². The molecule has 3 aromatic heterocycles. The van der Waals surface area contributed by atoms with Crippen LogP contribution in [0.3, 0.4) is 0 Å². The fraction of sp³-hybridized carbons (Fsp3) is 0. The minimum atomic E-state index is 1.11. The molecule has 0 aliphatic heterocycles. The molecule has 0 saturated heterocycles. The van der Waals surface area contributed by atoms with Crippen LogP contribution in [0.15, 0.2) is 67.5 Å². The van der Waals surface area contributed by atoms with Crippen molar-refractivity contribution in [1.29, 1.82) is 0 Å². The second-order valence-electron chi connectivity index (χ2n) is 3.75. The van der Waals surface area contributed by atoms with Crippen LogP contribution in [-0.2, 0) is 0 Å². The largest absolute Gasteiger partial charge is 0.323 e. The molecule has 0 aromatic carbocycles. The lowest BCUT2D eigenvalue weighted by Gasteiger charge is -2.01. The molecule has 0 saturated carbocycles. The van der Waals surface area contributed by atoms with Gasteiger partial charge in [0.05, 0.1) is 0 Å². The standard InChI is InChI=1S/C14H11N3/c1-6-15-7-2-12(1)13-5-10-17(11-13)14-3-8-16-9-4-14/h1-11H. The van der Waals surface area contributed by atoms with Gasteiger partial charge in [-0.25, -0.2) is 0 Å². The van der Waals surface area contributed by atoms with Crippen LogP contribution in [0.25, 0.3) is 16.8 Å². The lowest BCUT2D eigenvalue weighted by atomic mass is 10.1. The van der Waals surface area contributed by atoms with Gasteiger partial charge in [-0.15, -0.1) is 0 Å². The predicted molar refractivity (Wildman–Crippen MR) is 66.8 cm³/mol. The summed E-state index contributed by atoms with van der Waals surface area (Å²) < 4.78 is 2.08. The number of hydrogen-bond donors (Lipinski definition) is 0. The molecule has 0 bridgehead atoms. The Kier molecular flexibility index (Phi) is 2.43. The molecule has 3 aromatic rings. The van der Waals surface area contributed by atoms with Crippen LogP contribution in [0, 0.1) is 0 Å². The van der Waals surface area contributed by atoms with E-state index in [1.807, 2.05) is 30.5 Å². The lowest BCUT2D eigenvalue weighted by molar-refractivity contribution is 1.07. The Morgan fingerprint density at radius 2 is 1.35 bits per heavy atom. The highest BCUT2D eigenvalue weighted by atomic mass is 14.9. The molecular formula is C14H11N3. The number of pyridine rings is 2. The van der Waals surface area contributed by atoms with Gasteiger partial charge in [-0.3, -0.25) is 9.97 Å². The SMILES string of the molecule is c1cc(-c2ccn(-c3ccncc3)c2)ccn1. The van der Waals surface area contributed by atoms with Crippen molar-refractivity contribution in [2.24, 2.45) is 0 Å². The molecule has 3 heterocycles. The summed E-state index contributed by atoms with van der Waals surface area (Å²) in [6.07, 6.45) is 11.3. The lowest BCUT2D eigenvalue weighted by Crippen LogP contribution is -1.88. The second kappa shape index (κ2) is 4.22. The van der Waals surface area contributed by atoms with Crippen molar-refractivity contribution in [3.8, 4) is 16.8 Å². The third-order valence-corrected chi connectivity index (χ3v) is 2.67. The maximum atomic E-state index is 4.02. The Morgan fingerprint density at radius 1 is 0.706 bits per heavy atom. The third kappa shape index (κ3) is 1.95. The number of nitrogens with zero attached hydrogens (tertiary/aromatic N) is 3. The average Bonchev–Trinajstić information content (AvgIpc) is 2.90. The maximum absolute atomic E-state index is 4.02. The number of aromatic nitrogens is 3. The summed E-state index contributed by atoms with van der Waals surface area (Å²) >= 11 is 0. The van der Waals surface area contributed by atoms with E-state index in [2.05, 4.69) is 26.8 Å². The van der Waals surface area contributed by atoms with E-state index in [1.165, 1.54) is 11.1 Å². The molecule has 0 atom stereocenters. The first-order chi connectivity index (χ1) is 8.43. The van der Waals surface area contributed by atoms with Gasteiger partial charge in [0.25, 0.3) is 0 Å². The van der Waals surface area contributed by atoms with Crippen molar-refractivity contribution in [3.63, 3.8) is 0 Å². The summed E-state index contributed by atoms with van der Waals surface area (Å²) in [5.74, 6) is 0. The van der Waals surface area contributed by atoms with Gasteiger partial charge in [-0.1, -0.05) is 0 Å². The van der Waals surface area contributed by atoms with Gasteiger partial charge in [0, 0.05) is 42.9 Å². The van der Waals surface area contributed by atoms with Gasteiger partial charge in [-0.2, -0.15) is 0 Å². The van der Waals surface area contributed by atoms with Crippen molar-refractivity contribution >= 4 is 0 Å². The van der Waals surface area contributed by atoms with Crippen LogP contribution in [0.1, 0.15) is 0 Å². The van der Waals surface area contributed by atoms with E-state index in [-0.39, 0.29) is 0 Å².